The number of thiazole rings is 1. The highest BCUT2D eigenvalue weighted by atomic mass is 32.1. The van der Waals surface area contributed by atoms with Crippen LogP contribution in [0.15, 0.2) is 29.6 Å². The molecule has 0 radical (unpaired) electrons. The first-order chi connectivity index (χ1) is 10.3. The van der Waals surface area contributed by atoms with Gasteiger partial charge in [0.15, 0.2) is 0 Å². The van der Waals surface area contributed by atoms with Crippen molar-refractivity contribution >= 4 is 22.9 Å². The molecule has 0 aliphatic rings. The van der Waals surface area contributed by atoms with Gasteiger partial charge < -0.3 is 5.32 Å². The number of nitrogens with zero attached hydrogens (tertiary/aromatic N) is 2. The number of para-hydroxylation sites is 1. The molecule has 7 heteroatoms. The number of nitro groups is 1. The summed E-state index contributed by atoms with van der Waals surface area (Å²) < 4.78 is 0. The third-order valence-electron chi connectivity index (χ3n) is 3.07. The average Bonchev–Trinajstić information content (AvgIpc) is 2.93. The second-order valence-corrected chi connectivity index (χ2v) is 6.78. The van der Waals surface area contributed by atoms with Crippen molar-refractivity contribution in [2.45, 2.75) is 32.7 Å². The number of amides is 1. The summed E-state index contributed by atoms with van der Waals surface area (Å²) in [5, 5.41) is 16.3. The van der Waals surface area contributed by atoms with Crippen LogP contribution in [0.3, 0.4) is 0 Å². The lowest BCUT2D eigenvalue weighted by Crippen LogP contribution is -2.23. The van der Waals surface area contributed by atoms with Crippen LogP contribution < -0.4 is 5.32 Å². The fourth-order valence-electron chi connectivity index (χ4n) is 1.81. The van der Waals surface area contributed by atoms with Crippen molar-refractivity contribution in [2.75, 3.05) is 0 Å². The van der Waals surface area contributed by atoms with E-state index in [4.69, 9.17) is 0 Å². The smallest absolute Gasteiger partial charge is 0.282 e. The highest BCUT2D eigenvalue weighted by molar-refractivity contribution is 7.09. The molecule has 0 aliphatic heterocycles. The van der Waals surface area contributed by atoms with E-state index in [0.29, 0.717) is 0 Å². The fraction of sp³-hybridized carbons (Fsp3) is 0.333. The zero-order valence-corrected chi connectivity index (χ0v) is 13.4. The molecule has 1 heterocycles. The topological polar surface area (TPSA) is 85.1 Å². The maximum absolute atomic E-state index is 12.1. The van der Waals surface area contributed by atoms with Crippen LogP contribution in [0.1, 0.15) is 41.8 Å². The number of benzene rings is 1. The van der Waals surface area contributed by atoms with Crippen LogP contribution in [0, 0.1) is 10.1 Å². The Kier molecular flexibility index (Phi) is 4.56. The number of rotatable bonds is 4. The Bertz CT molecular complexity index is 704. The van der Waals surface area contributed by atoms with E-state index in [9.17, 15) is 14.9 Å². The monoisotopic (exact) mass is 319 g/mol. The highest BCUT2D eigenvalue weighted by Crippen LogP contribution is 2.24. The van der Waals surface area contributed by atoms with Crippen molar-refractivity contribution < 1.29 is 9.72 Å². The van der Waals surface area contributed by atoms with Crippen molar-refractivity contribution in [1.82, 2.24) is 10.3 Å². The predicted molar refractivity (Wildman–Crippen MR) is 85.1 cm³/mol. The van der Waals surface area contributed by atoms with E-state index < -0.39 is 10.8 Å². The third-order valence-corrected chi connectivity index (χ3v) is 3.91. The lowest BCUT2D eigenvalue weighted by molar-refractivity contribution is -0.385. The summed E-state index contributed by atoms with van der Waals surface area (Å²) in [5.41, 5.74) is 0.777. The molecule has 1 amide bonds. The maximum Gasteiger partial charge on any atom is 0.282 e. The van der Waals surface area contributed by atoms with Gasteiger partial charge in [-0.2, -0.15) is 0 Å². The summed E-state index contributed by atoms with van der Waals surface area (Å²) >= 11 is 1.46. The number of aromatic nitrogens is 1. The number of nitrogens with one attached hydrogen (secondary N) is 1. The fourth-order valence-corrected chi connectivity index (χ4v) is 2.77. The molecule has 6 nitrogen and oxygen atoms in total. The summed E-state index contributed by atoms with van der Waals surface area (Å²) in [7, 11) is 0. The van der Waals surface area contributed by atoms with Gasteiger partial charge in [0.1, 0.15) is 10.6 Å². The minimum absolute atomic E-state index is 0.0447. The largest absolute Gasteiger partial charge is 0.345 e. The summed E-state index contributed by atoms with van der Waals surface area (Å²) in [6, 6.07) is 5.89. The zero-order chi connectivity index (χ0) is 16.3. The Balaban J connectivity index is 2.08. The Hall–Kier alpha value is -2.28. The minimum Gasteiger partial charge on any atom is -0.345 e. The van der Waals surface area contributed by atoms with Crippen LogP contribution in [0.4, 0.5) is 5.69 Å². The molecule has 0 fully saturated rings. The summed E-state index contributed by atoms with van der Waals surface area (Å²) in [6.45, 7) is 6.46. The predicted octanol–water partition coefficient (Wildman–Crippen LogP) is 3.28. The maximum atomic E-state index is 12.1. The van der Waals surface area contributed by atoms with E-state index in [0.717, 1.165) is 10.7 Å². The van der Waals surface area contributed by atoms with E-state index in [-0.39, 0.29) is 23.2 Å². The molecule has 0 spiro atoms. The lowest BCUT2D eigenvalue weighted by Gasteiger charge is -2.14. The van der Waals surface area contributed by atoms with Gasteiger partial charge in [-0.3, -0.25) is 14.9 Å². The molecule has 0 saturated carbocycles. The normalized spacial score (nSPS) is 11.2. The second kappa shape index (κ2) is 6.23. The SMILES string of the molecule is CC(C)(C)c1csc(CNC(=O)c2ccccc2[N+](=O)[O-])n1. The molecule has 0 bridgehead atoms. The number of carbonyl (C=O) groups is 1. The Morgan fingerprint density at radius 1 is 1.36 bits per heavy atom. The van der Waals surface area contributed by atoms with Gasteiger partial charge in [0, 0.05) is 16.9 Å². The summed E-state index contributed by atoms with van der Waals surface area (Å²) in [6.07, 6.45) is 0. The van der Waals surface area contributed by atoms with Gasteiger partial charge in [0.05, 0.1) is 17.2 Å². The molecule has 1 aromatic carbocycles. The molecule has 0 aliphatic carbocycles. The van der Waals surface area contributed by atoms with Crippen molar-refractivity contribution in [3.05, 3.63) is 56.0 Å². The van der Waals surface area contributed by atoms with Crippen LogP contribution in [-0.4, -0.2) is 15.8 Å². The van der Waals surface area contributed by atoms with Gasteiger partial charge in [-0.15, -0.1) is 11.3 Å². The molecule has 2 rings (SSSR count). The molecule has 0 saturated heterocycles. The zero-order valence-electron chi connectivity index (χ0n) is 12.6. The molecule has 1 aromatic heterocycles. The molecule has 116 valence electrons. The van der Waals surface area contributed by atoms with Crippen molar-refractivity contribution in [3.63, 3.8) is 0 Å². The summed E-state index contributed by atoms with van der Waals surface area (Å²) in [4.78, 5) is 27.0. The highest BCUT2D eigenvalue weighted by Gasteiger charge is 2.20. The van der Waals surface area contributed by atoms with Gasteiger partial charge in [-0.25, -0.2) is 4.98 Å². The van der Waals surface area contributed by atoms with E-state index in [1.807, 2.05) is 5.38 Å². The van der Waals surface area contributed by atoms with Crippen LogP contribution >= 0.6 is 11.3 Å². The van der Waals surface area contributed by atoms with Crippen LogP contribution in [0.25, 0.3) is 0 Å². The van der Waals surface area contributed by atoms with E-state index in [1.54, 1.807) is 6.07 Å². The Morgan fingerprint density at radius 3 is 2.64 bits per heavy atom. The van der Waals surface area contributed by atoms with Crippen molar-refractivity contribution in [1.29, 1.82) is 0 Å². The number of hydrogen-bond donors (Lipinski definition) is 1. The first-order valence-corrected chi connectivity index (χ1v) is 7.63. The molecular formula is C15H17N3O3S. The van der Waals surface area contributed by atoms with Crippen LogP contribution in [0.5, 0.6) is 0 Å². The Morgan fingerprint density at radius 2 is 2.05 bits per heavy atom. The molecule has 22 heavy (non-hydrogen) atoms. The number of carbonyl (C=O) groups excluding carboxylic acids is 1. The van der Waals surface area contributed by atoms with Crippen LogP contribution in [0.2, 0.25) is 0 Å². The molecule has 1 N–H and O–H groups in total. The average molecular weight is 319 g/mol. The molecule has 0 unspecified atom stereocenters. The number of hydrogen-bond acceptors (Lipinski definition) is 5. The first-order valence-electron chi connectivity index (χ1n) is 6.75. The second-order valence-electron chi connectivity index (χ2n) is 5.83. The third kappa shape index (κ3) is 3.67. The number of nitro benzene ring substituents is 1. The van der Waals surface area contributed by atoms with Gasteiger partial charge >= 0.3 is 0 Å². The van der Waals surface area contributed by atoms with Crippen LogP contribution in [-0.2, 0) is 12.0 Å². The van der Waals surface area contributed by atoms with Crippen molar-refractivity contribution in [3.8, 4) is 0 Å². The molecular weight excluding hydrogens is 302 g/mol. The summed E-state index contributed by atoms with van der Waals surface area (Å²) in [5.74, 6) is -0.472. The standard InChI is InChI=1S/C15H17N3O3S/c1-15(2,3)12-9-22-13(17-12)8-16-14(19)10-6-4-5-7-11(10)18(20)21/h4-7,9H,8H2,1-3H3,(H,16,19). The van der Waals surface area contributed by atoms with Gasteiger partial charge in [0.25, 0.3) is 11.6 Å². The van der Waals surface area contributed by atoms with Gasteiger partial charge in [0.2, 0.25) is 0 Å². The lowest BCUT2D eigenvalue weighted by atomic mass is 9.93. The van der Waals surface area contributed by atoms with Gasteiger partial charge in [-0.05, 0) is 6.07 Å². The Labute approximate surface area is 132 Å². The van der Waals surface area contributed by atoms with E-state index >= 15 is 0 Å². The molecule has 2 aromatic rings. The van der Waals surface area contributed by atoms with E-state index in [2.05, 4.69) is 31.1 Å². The van der Waals surface area contributed by atoms with E-state index in [1.165, 1.54) is 29.5 Å². The molecule has 0 atom stereocenters. The van der Waals surface area contributed by atoms with Crippen molar-refractivity contribution in [2.24, 2.45) is 0 Å². The first kappa shape index (κ1) is 16.1. The quantitative estimate of drug-likeness (QED) is 0.692. The minimum atomic E-state index is -0.560. The van der Waals surface area contributed by atoms with Gasteiger partial charge in [-0.1, -0.05) is 32.9 Å².